The lowest BCUT2D eigenvalue weighted by Gasteiger charge is -2.02. The predicted molar refractivity (Wildman–Crippen MR) is 79.7 cm³/mol. The van der Waals surface area contributed by atoms with Gasteiger partial charge in [0, 0.05) is 23.1 Å². The maximum atomic E-state index is 12.3. The molecule has 2 nitrogen and oxygen atoms in total. The first-order valence-corrected chi connectivity index (χ1v) is 6.71. The van der Waals surface area contributed by atoms with Crippen molar-refractivity contribution in [3.05, 3.63) is 78.0 Å². The second-order valence-corrected chi connectivity index (χ2v) is 4.99. The van der Waals surface area contributed by atoms with E-state index >= 15 is 0 Å². The molecule has 0 saturated heterocycles. The van der Waals surface area contributed by atoms with Crippen molar-refractivity contribution in [2.45, 2.75) is 13.5 Å². The lowest BCUT2D eigenvalue weighted by Crippen LogP contribution is -3.00. The number of fused-ring (bicyclic) bond motifs is 1. The molecule has 0 fully saturated rings. The van der Waals surface area contributed by atoms with E-state index in [4.69, 9.17) is 0 Å². The zero-order valence-corrected chi connectivity index (χ0v) is 13.4. The number of Topliss-reactive ketones (excluding diaryl/α,β-unsaturated/α-hetero) is 1. The molecule has 0 spiro atoms. The average molecular weight is 342 g/mol. The molecule has 1 heterocycles. The standard InChI is InChI=1S/C18H16NO.BrH/c1-14-9-10-17-16(12-14)8-5-11-19(17)13-18(20)15-6-3-2-4-7-15;/h2-12H,13H2,1H3;1H/q+1;/p-1. The summed E-state index contributed by atoms with van der Waals surface area (Å²) in [6, 6.07) is 19.8. The first kappa shape index (κ1) is 15.4. The smallest absolute Gasteiger partial charge is 0.227 e. The number of halogens is 1. The Hall–Kier alpha value is -2.00. The van der Waals surface area contributed by atoms with E-state index in [-0.39, 0.29) is 22.8 Å². The zero-order chi connectivity index (χ0) is 13.9. The molecule has 0 N–H and O–H groups in total. The Morgan fingerprint density at radius 3 is 2.52 bits per heavy atom. The molecule has 3 rings (SSSR count). The normalized spacial score (nSPS) is 10.1. The van der Waals surface area contributed by atoms with Crippen LogP contribution >= 0.6 is 0 Å². The van der Waals surface area contributed by atoms with Gasteiger partial charge in [0.1, 0.15) is 0 Å². The van der Waals surface area contributed by atoms with E-state index in [9.17, 15) is 4.79 Å². The van der Waals surface area contributed by atoms with Crippen molar-refractivity contribution >= 4 is 16.7 Å². The SMILES string of the molecule is Cc1ccc2c(ccc[n+]2CC(=O)c2ccccc2)c1.[Br-]. The molecule has 0 atom stereocenters. The summed E-state index contributed by atoms with van der Waals surface area (Å²) in [5, 5.41) is 1.16. The molecule has 1 aromatic heterocycles. The van der Waals surface area contributed by atoms with Gasteiger partial charge in [-0.15, -0.1) is 0 Å². The van der Waals surface area contributed by atoms with Gasteiger partial charge in [-0.1, -0.05) is 42.0 Å². The third kappa shape index (κ3) is 3.37. The Morgan fingerprint density at radius 2 is 1.76 bits per heavy atom. The van der Waals surface area contributed by atoms with Crippen LogP contribution < -0.4 is 21.5 Å². The summed E-state index contributed by atoms with van der Waals surface area (Å²) in [6.45, 7) is 2.44. The minimum absolute atomic E-state index is 0. The molecule has 0 aliphatic heterocycles. The minimum Gasteiger partial charge on any atom is -1.00 e. The molecule has 21 heavy (non-hydrogen) atoms. The fourth-order valence-electron chi connectivity index (χ4n) is 2.41. The monoisotopic (exact) mass is 341 g/mol. The van der Waals surface area contributed by atoms with Crippen molar-refractivity contribution in [3.8, 4) is 0 Å². The van der Waals surface area contributed by atoms with Crippen LogP contribution in [-0.2, 0) is 6.54 Å². The number of aromatic nitrogens is 1. The van der Waals surface area contributed by atoms with Gasteiger partial charge in [0.2, 0.25) is 17.8 Å². The quantitative estimate of drug-likeness (QED) is 0.496. The largest absolute Gasteiger partial charge is 1.00 e. The number of aryl methyl sites for hydroxylation is 1. The van der Waals surface area contributed by atoms with Crippen molar-refractivity contribution in [1.29, 1.82) is 0 Å². The summed E-state index contributed by atoms with van der Waals surface area (Å²) in [5.74, 6) is 0.128. The summed E-state index contributed by atoms with van der Waals surface area (Å²) >= 11 is 0. The average Bonchev–Trinajstić information content (AvgIpc) is 2.48. The molecule has 3 heteroatoms. The fraction of sp³-hybridized carbons (Fsp3) is 0.111. The molecule has 0 radical (unpaired) electrons. The molecule has 0 amide bonds. The first-order chi connectivity index (χ1) is 9.74. The van der Waals surface area contributed by atoms with Crippen LogP contribution in [-0.4, -0.2) is 5.78 Å². The van der Waals surface area contributed by atoms with Crippen LogP contribution in [0.2, 0.25) is 0 Å². The van der Waals surface area contributed by atoms with Gasteiger partial charge >= 0.3 is 0 Å². The molecule has 0 aliphatic carbocycles. The molecular weight excluding hydrogens is 326 g/mol. The Labute approximate surface area is 134 Å². The second-order valence-electron chi connectivity index (χ2n) is 4.99. The predicted octanol–water partition coefficient (Wildman–Crippen LogP) is 0.323. The van der Waals surface area contributed by atoms with Crippen LogP contribution in [0.3, 0.4) is 0 Å². The lowest BCUT2D eigenvalue weighted by atomic mass is 10.1. The van der Waals surface area contributed by atoms with Crippen molar-refractivity contribution in [2.75, 3.05) is 0 Å². The van der Waals surface area contributed by atoms with E-state index in [2.05, 4.69) is 31.2 Å². The van der Waals surface area contributed by atoms with E-state index in [1.54, 1.807) is 0 Å². The number of carbonyl (C=O) groups is 1. The molecule has 0 saturated carbocycles. The highest BCUT2D eigenvalue weighted by Crippen LogP contribution is 2.12. The van der Waals surface area contributed by atoms with Gasteiger partial charge in [-0.2, -0.15) is 4.57 Å². The third-order valence-electron chi connectivity index (χ3n) is 3.44. The number of hydrogen-bond acceptors (Lipinski definition) is 1. The van der Waals surface area contributed by atoms with E-state index in [0.29, 0.717) is 6.54 Å². The summed E-state index contributed by atoms with van der Waals surface area (Å²) in [7, 11) is 0. The molecule has 3 aromatic rings. The van der Waals surface area contributed by atoms with Gasteiger partial charge in [-0.25, -0.2) is 0 Å². The van der Waals surface area contributed by atoms with Crippen molar-refractivity contribution in [1.82, 2.24) is 0 Å². The van der Waals surface area contributed by atoms with Crippen LogP contribution in [0.4, 0.5) is 0 Å². The Balaban J connectivity index is 0.00000161. The van der Waals surface area contributed by atoms with Crippen LogP contribution in [0.5, 0.6) is 0 Å². The van der Waals surface area contributed by atoms with E-state index in [1.807, 2.05) is 47.2 Å². The van der Waals surface area contributed by atoms with Gasteiger partial charge in [-0.05, 0) is 19.1 Å². The number of pyridine rings is 1. The third-order valence-corrected chi connectivity index (χ3v) is 3.44. The van der Waals surface area contributed by atoms with Crippen molar-refractivity contribution in [2.24, 2.45) is 0 Å². The van der Waals surface area contributed by atoms with Crippen LogP contribution in [0.25, 0.3) is 10.9 Å². The highest BCUT2D eigenvalue weighted by Gasteiger charge is 2.14. The summed E-state index contributed by atoms with van der Waals surface area (Å²) < 4.78 is 2.00. The van der Waals surface area contributed by atoms with Crippen LogP contribution in [0.1, 0.15) is 15.9 Å². The van der Waals surface area contributed by atoms with E-state index in [0.717, 1.165) is 16.5 Å². The Morgan fingerprint density at radius 1 is 1.00 bits per heavy atom. The first-order valence-electron chi connectivity index (χ1n) is 6.71. The highest BCUT2D eigenvalue weighted by atomic mass is 79.9. The number of carbonyl (C=O) groups excluding carboxylic acids is 1. The Bertz CT molecular complexity index is 769. The number of benzene rings is 2. The van der Waals surface area contributed by atoms with Gasteiger partial charge in [0.25, 0.3) is 0 Å². The summed E-state index contributed by atoms with van der Waals surface area (Å²) in [4.78, 5) is 12.3. The Kier molecular flexibility index (Phi) is 4.86. The van der Waals surface area contributed by atoms with E-state index < -0.39 is 0 Å². The maximum absolute atomic E-state index is 12.3. The van der Waals surface area contributed by atoms with Gasteiger partial charge in [-0.3, -0.25) is 4.79 Å². The minimum atomic E-state index is 0. The van der Waals surface area contributed by atoms with Gasteiger partial charge < -0.3 is 17.0 Å². The van der Waals surface area contributed by atoms with Gasteiger partial charge in [0.15, 0.2) is 6.20 Å². The second kappa shape index (κ2) is 6.64. The van der Waals surface area contributed by atoms with Crippen LogP contribution in [0.15, 0.2) is 66.9 Å². The molecule has 0 bridgehead atoms. The van der Waals surface area contributed by atoms with Crippen molar-refractivity contribution in [3.63, 3.8) is 0 Å². The van der Waals surface area contributed by atoms with E-state index in [1.165, 1.54) is 5.56 Å². The maximum Gasteiger partial charge on any atom is 0.227 e. The summed E-state index contributed by atoms with van der Waals surface area (Å²) in [5.41, 5.74) is 3.07. The number of nitrogens with zero attached hydrogens (tertiary/aromatic N) is 1. The number of ketones is 1. The molecule has 106 valence electrons. The number of rotatable bonds is 3. The fourth-order valence-corrected chi connectivity index (χ4v) is 2.41. The molecule has 0 unspecified atom stereocenters. The topological polar surface area (TPSA) is 20.9 Å². The summed E-state index contributed by atoms with van der Waals surface area (Å²) in [6.07, 6.45) is 1.96. The zero-order valence-electron chi connectivity index (χ0n) is 11.8. The lowest BCUT2D eigenvalue weighted by molar-refractivity contribution is -0.657. The molecule has 2 aromatic carbocycles. The van der Waals surface area contributed by atoms with Gasteiger partial charge in [0.05, 0.1) is 0 Å². The highest BCUT2D eigenvalue weighted by molar-refractivity contribution is 5.95. The van der Waals surface area contributed by atoms with Crippen molar-refractivity contribution < 1.29 is 26.3 Å². The number of hydrogen-bond donors (Lipinski definition) is 0. The molecular formula is C18H16BrNO. The van der Waals surface area contributed by atoms with Crippen LogP contribution in [0, 0.1) is 6.92 Å². The molecule has 0 aliphatic rings.